The van der Waals surface area contributed by atoms with Crippen LogP contribution >= 0.6 is 11.6 Å². The number of carbonyl (C=O) groups is 1. The molecule has 0 saturated carbocycles. The van der Waals surface area contributed by atoms with E-state index in [1.165, 1.54) is 6.42 Å². The Hall–Kier alpha value is -1.26. The molecule has 1 amide bonds. The number of nitrogens with two attached hydrogens (primary N) is 1. The van der Waals surface area contributed by atoms with Crippen LogP contribution in [0.15, 0.2) is 18.2 Å². The minimum atomic E-state index is -0.233. The van der Waals surface area contributed by atoms with E-state index >= 15 is 0 Å². The SMILES string of the molecule is CC1CCCC(C)N1NC(=O)c1c(N)cccc1Cl. The van der Waals surface area contributed by atoms with E-state index in [1.54, 1.807) is 18.2 Å². The molecule has 0 bridgehead atoms. The second-order valence-corrected chi connectivity index (χ2v) is 5.59. The van der Waals surface area contributed by atoms with Crippen molar-refractivity contribution in [2.75, 3.05) is 5.73 Å². The van der Waals surface area contributed by atoms with Crippen molar-refractivity contribution in [3.05, 3.63) is 28.8 Å². The third-order valence-corrected chi connectivity index (χ3v) is 4.01. The maximum atomic E-state index is 12.3. The van der Waals surface area contributed by atoms with Gasteiger partial charge in [0.2, 0.25) is 0 Å². The van der Waals surface area contributed by atoms with E-state index < -0.39 is 0 Å². The molecule has 0 aliphatic carbocycles. The molecule has 1 aliphatic rings. The predicted molar refractivity (Wildman–Crippen MR) is 77.9 cm³/mol. The zero-order chi connectivity index (χ0) is 14.0. The highest BCUT2D eigenvalue weighted by atomic mass is 35.5. The van der Waals surface area contributed by atoms with Crippen LogP contribution in [0, 0.1) is 0 Å². The van der Waals surface area contributed by atoms with Gasteiger partial charge in [0.15, 0.2) is 0 Å². The van der Waals surface area contributed by atoms with E-state index in [2.05, 4.69) is 19.3 Å². The zero-order valence-corrected chi connectivity index (χ0v) is 12.1. The number of hydrazine groups is 1. The molecule has 19 heavy (non-hydrogen) atoms. The molecule has 104 valence electrons. The minimum absolute atomic E-state index is 0.233. The van der Waals surface area contributed by atoms with Crippen LogP contribution < -0.4 is 11.2 Å². The highest BCUT2D eigenvalue weighted by Gasteiger charge is 2.27. The van der Waals surface area contributed by atoms with Gasteiger partial charge in [-0.15, -0.1) is 0 Å². The molecule has 5 heteroatoms. The van der Waals surface area contributed by atoms with E-state index in [1.807, 2.05) is 5.01 Å². The number of carbonyl (C=O) groups excluding carboxylic acids is 1. The zero-order valence-electron chi connectivity index (χ0n) is 11.3. The number of nitrogens with zero attached hydrogens (tertiary/aromatic N) is 1. The van der Waals surface area contributed by atoms with Crippen LogP contribution in [0.3, 0.4) is 0 Å². The van der Waals surface area contributed by atoms with Crippen molar-refractivity contribution in [1.29, 1.82) is 0 Å². The third kappa shape index (κ3) is 3.01. The first-order valence-electron chi connectivity index (χ1n) is 6.64. The predicted octanol–water partition coefficient (Wildman–Crippen LogP) is 2.83. The second-order valence-electron chi connectivity index (χ2n) is 5.18. The molecule has 2 rings (SSSR count). The Kier molecular flexibility index (Phi) is 4.32. The highest BCUT2D eigenvalue weighted by molar-refractivity contribution is 6.34. The Bertz CT molecular complexity index is 448. The maximum absolute atomic E-state index is 12.3. The molecule has 1 saturated heterocycles. The quantitative estimate of drug-likeness (QED) is 0.820. The molecule has 0 aromatic heterocycles. The molecule has 2 unspecified atom stereocenters. The summed E-state index contributed by atoms with van der Waals surface area (Å²) in [4.78, 5) is 12.3. The van der Waals surface area contributed by atoms with Crippen LogP contribution in [0.4, 0.5) is 5.69 Å². The second kappa shape index (κ2) is 5.80. The van der Waals surface area contributed by atoms with Gasteiger partial charge >= 0.3 is 0 Å². The van der Waals surface area contributed by atoms with E-state index in [0.29, 0.717) is 28.4 Å². The first kappa shape index (κ1) is 14.2. The smallest absolute Gasteiger partial charge is 0.269 e. The van der Waals surface area contributed by atoms with Gasteiger partial charge in [0, 0.05) is 17.8 Å². The number of hydrogen-bond donors (Lipinski definition) is 2. The van der Waals surface area contributed by atoms with Crippen LogP contribution in [0.2, 0.25) is 5.02 Å². The fourth-order valence-electron chi connectivity index (χ4n) is 2.60. The van der Waals surface area contributed by atoms with Crippen LogP contribution in [0.5, 0.6) is 0 Å². The summed E-state index contributed by atoms with van der Waals surface area (Å²) in [5, 5.41) is 2.39. The fraction of sp³-hybridized carbons (Fsp3) is 0.500. The Morgan fingerprint density at radius 3 is 2.58 bits per heavy atom. The number of amides is 1. The lowest BCUT2D eigenvalue weighted by atomic mass is 10.00. The highest BCUT2D eigenvalue weighted by Crippen LogP contribution is 2.24. The van der Waals surface area contributed by atoms with Crippen LogP contribution in [-0.2, 0) is 0 Å². The Labute approximate surface area is 118 Å². The minimum Gasteiger partial charge on any atom is -0.398 e. The van der Waals surface area contributed by atoms with Gasteiger partial charge in [-0.2, -0.15) is 0 Å². The molecular formula is C14H20ClN3O. The van der Waals surface area contributed by atoms with Crippen molar-refractivity contribution in [2.24, 2.45) is 0 Å². The Balaban J connectivity index is 2.16. The summed E-state index contributed by atoms with van der Waals surface area (Å²) in [5.41, 5.74) is 9.54. The van der Waals surface area contributed by atoms with Gasteiger partial charge in [0.1, 0.15) is 0 Å². The first-order chi connectivity index (χ1) is 9.00. The van der Waals surface area contributed by atoms with Crippen LogP contribution in [-0.4, -0.2) is 23.0 Å². The van der Waals surface area contributed by atoms with E-state index in [9.17, 15) is 4.79 Å². The van der Waals surface area contributed by atoms with Gasteiger partial charge in [-0.25, -0.2) is 5.01 Å². The molecule has 0 spiro atoms. The van der Waals surface area contributed by atoms with Gasteiger partial charge in [0.25, 0.3) is 5.91 Å². The summed E-state index contributed by atoms with van der Waals surface area (Å²) in [5.74, 6) is -0.233. The Morgan fingerprint density at radius 1 is 1.37 bits per heavy atom. The van der Waals surface area contributed by atoms with E-state index in [0.717, 1.165) is 12.8 Å². The number of piperidine rings is 1. The van der Waals surface area contributed by atoms with Crippen LogP contribution in [0.1, 0.15) is 43.5 Å². The summed E-state index contributed by atoms with van der Waals surface area (Å²) < 4.78 is 0. The lowest BCUT2D eigenvalue weighted by molar-refractivity contribution is 0.0370. The molecule has 2 atom stereocenters. The largest absolute Gasteiger partial charge is 0.398 e. The fourth-order valence-corrected chi connectivity index (χ4v) is 2.86. The van der Waals surface area contributed by atoms with Gasteiger partial charge in [0.05, 0.1) is 10.6 Å². The summed E-state index contributed by atoms with van der Waals surface area (Å²) in [7, 11) is 0. The number of halogens is 1. The number of nitrogens with one attached hydrogen (secondary N) is 1. The summed E-state index contributed by atoms with van der Waals surface area (Å²) in [6, 6.07) is 5.76. The number of rotatable bonds is 2. The number of nitrogen functional groups attached to an aromatic ring is 1. The van der Waals surface area contributed by atoms with Crippen molar-refractivity contribution >= 4 is 23.2 Å². The average molecular weight is 282 g/mol. The molecule has 3 N–H and O–H groups in total. The van der Waals surface area contributed by atoms with Crippen molar-refractivity contribution in [1.82, 2.24) is 10.4 Å². The van der Waals surface area contributed by atoms with E-state index in [-0.39, 0.29) is 5.91 Å². The van der Waals surface area contributed by atoms with Crippen molar-refractivity contribution in [2.45, 2.75) is 45.2 Å². The lowest BCUT2D eigenvalue weighted by Crippen LogP contribution is -2.54. The molecular weight excluding hydrogens is 262 g/mol. The molecule has 1 aromatic carbocycles. The average Bonchev–Trinajstić information content (AvgIpc) is 2.34. The topological polar surface area (TPSA) is 58.4 Å². The first-order valence-corrected chi connectivity index (χ1v) is 7.01. The van der Waals surface area contributed by atoms with Gasteiger partial charge < -0.3 is 5.73 Å². The van der Waals surface area contributed by atoms with Crippen LogP contribution in [0.25, 0.3) is 0 Å². The molecule has 1 aromatic rings. The summed E-state index contributed by atoms with van der Waals surface area (Å²) in [6.45, 7) is 4.23. The summed E-state index contributed by atoms with van der Waals surface area (Å²) >= 11 is 6.06. The molecule has 4 nitrogen and oxygen atoms in total. The monoisotopic (exact) mass is 281 g/mol. The molecule has 1 heterocycles. The van der Waals surface area contributed by atoms with Gasteiger partial charge in [-0.1, -0.05) is 24.1 Å². The lowest BCUT2D eigenvalue weighted by Gasteiger charge is -2.38. The molecule has 1 aliphatic heterocycles. The van der Waals surface area contributed by atoms with Crippen molar-refractivity contribution in [3.63, 3.8) is 0 Å². The normalized spacial score (nSPS) is 24.2. The van der Waals surface area contributed by atoms with Gasteiger partial charge in [-0.05, 0) is 38.8 Å². The third-order valence-electron chi connectivity index (χ3n) is 3.70. The van der Waals surface area contributed by atoms with Crippen molar-refractivity contribution < 1.29 is 4.79 Å². The molecule has 0 radical (unpaired) electrons. The summed E-state index contributed by atoms with van der Waals surface area (Å²) in [6.07, 6.45) is 3.37. The maximum Gasteiger partial charge on any atom is 0.269 e. The number of anilines is 1. The number of benzene rings is 1. The number of hydrogen-bond acceptors (Lipinski definition) is 3. The molecule has 1 fully saturated rings. The van der Waals surface area contributed by atoms with Crippen molar-refractivity contribution in [3.8, 4) is 0 Å². The van der Waals surface area contributed by atoms with Gasteiger partial charge in [-0.3, -0.25) is 10.2 Å². The Morgan fingerprint density at radius 2 is 2.00 bits per heavy atom. The standard InChI is InChI=1S/C14H20ClN3O/c1-9-5-3-6-10(2)18(9)17-14(19)13-11(15)7-4-8-12(13)16/h4,7-10H,3,5-6,16H2,1-2H3,(H,17,19). The van der Waals surface area contributed by atoms with E-state index in [4.69, 9.17) is 17.3 Å².